The van der Waals surface area contributed by atoms with E-state index < -0.39 is 0 Å². The van der Waals surface area contributed by atoms with Gasteiger partial charge in [0.1, 0.15) is 0 Å². The van der Waals surface area contributed by atoms with Crippen molar-refractivity contribution in [1.82, 2.24) is 10.2 Å². The molecule has 0 amide bonds. The van der Waals surface area contributed by atoms with Crippen molar-refractivity contribution in [2.45, 2.75) is 71.3 Å². The molecule has 0 bridgehead atoms. The van der Waals surface area contributed by atoms with Crippen LogP contribution in [0.1, 0.15) is 65.2 Å². The van der Waals surface area contributed by atoms with Crippen LogP contribution in [0, 0.1) is 5.41 Å². The molecule has 2 nitrogen and oxygen atoms in total. The van der Waals surface area contributed by atoms with Gasteiger partial charge >= 0.3 is 0 Å². The Bertz CT molecular complexity index is 229. The molecule has 2 aliphatic carbocycles. The summed E-state index contributed by atoms with van der Waals surface area (Å²) < 4.78 is 0. The monoisotopic (exact) mass is 252 g/mol. The molecule has 2 saturated carbocycles. The van der Waals surface area contributed by atoms with Crippen molar-refractivity contribution in [3.8, 4) is 0 Å². The molecule has 0 aromatic rings. The minimum atomic E-state index is 0.604. The fraction of sp³-hybridized carbons (Fsp3) is 1.00. The van der Waals surface area contributed by atoms with Crippen LogP contribution >= 0.6 is 0 Å². The van der Waals surface area contributed by atoms with Gasteiger partial charge in [0.25, 0.3) is 0 Å². The Morgan fingerprint density at radius 1 is 1.17 bits per heavy atom. The Labute approximate surface area is 114 Å². The molecule has 2 aliphatic rings. The number of nitrogens with one attached hydrogen (secondary N) is 1. The molecule has 0 aliphatic heterocycles. The molecule has 0 saturated heterocycles. The maximum atomic E-state index is 3.63. The zero-order valence-corrected chi connectivity index (χ0v) is 12.5. The van der Waals surface area contributed by atoms with Gasteiger partial charge in [-0.25, -0.2) is 0 Å². The lowest BCUT2D eigenvalue weighted by Crippen LogP contribution is -2.43. The maximum Gasteiger partial charge on any atom is 0.00966 e. The predicted octanol–water partition coefficient (Wildman–Crippen LogP) is 3.42. The van der Waals surface area contributed by atoms with E-state index in [-0.39, 0.29) is 0 Å². The molecule has 0 aromatic heterocycles. The van der Waals surface area contributed by atoms with Crippen LogP contribution < -0.4 is 5.32 Å². The summed E-state index contributed by atoms with van der Waals surface area (Å²) in [4.78, 5) is 2.83. The third-order valence-electron chi connectivity index (χ3n) is 4.81. The molecule has 0 aromatic carbocycles. The van der Waals surface area contributed by atoms with E-state index in [1.54, 1.807) is 0 Å². The number of nitrogens with zero attached hydrogens (tertiary/aromatic N) is 1. The van der Waals surface area contributed by atoms with Crippen LogP contribution in [-0.2, 0) is 0 Å². The second-order valence-corrected chi connectivity index (χ2v) is 6.54. The van der Waals surface area contributed by atoms with Crippen LogP contribution in [0.3, 0.4) is 0 Å². The summed E-state index contributed by atoms with van der Waals surface area (Å²) in [7, 11) is 0. The van der Waals surface area contributed by atoms with Crippen molar-refractivity contribution >= 4 is 0 Å². The van der Waals surface area contributed by atoms with Crippen LogP contribution in [0.25, 0.3) is 0 Å². The largest absolute Gasteiger partial charge is 0.316 e. The van der Waals surface area contributed by atoms with Gasteiger partial charge in [0.2, 0.25) is 0 Å². The molecule has 0 unspecified atom stereocenters. The minimum absolute atomic E-state index is 0.604. The van der Waals surface area contributed by atoms with E-state index in [4.69, 9.17) is 0 Å². The quantitative estimate of drug-likeness (QED) is 0.676. The minimum Gasteiger partial charge on any atom is -0.316 e. The van der Waals surface area contributed by atoms with Gasteiger partial charge in [-0.15, -0.1) is 0 Å². The number of hydrogen-bond acceptors (Lipinski definition) is 2. The van der Waals surface area contributed by atoms with Gasteiger partial charge in [-0.05, 0) is 50.6 Å². The molecule has 2 heteroatoms. The highest BCUT2D eigenvalue weighted by Gasteiger charge is 2.38. The number of unbranched alkanes of at least 4 members (excludes halogenated alkanes) is 1. The molecule has 0 spiro atoms. The highest BCUT2D eigenvalue weighted by molar-refractivity contribution is 4.93. The van der Waals surface area contributed by atoms with E-state index in [1.165, 1.54) is 71.0 Å². The van der Waals surface area contributed by atoms with Crippen molar-refractivity contribution in [2.75, 3.05) is 26.2 Å². The van der Waals surface area contributed by atoms with E-state index in [9.17, 15) is 0 Å². The Kier molecular flexibility index (Phi) is 5.50. The summed E-state index contributed by atoms with van der Waals surface area (Å²) in [6.07, 6.45) is 11.5. The number of hydrogen-bond donors (Lipinski definition) is 1. The molecule has 1 N–H and O–H groups in total. The summed E-state index contributed by atoms with van der Waals surface area (Å²) in [5.41, 5.74) is 0.604. The Morgan fingerprint density at radius 3 is 2.44 bits per heavy atom. The lowest BCUT2D eigenvalue weighted by molar-refractivity contribution is 0.140. The maximum absolute atomic E-state index is 3.63. The average molecular weight is 252 g/mol. The second-order valence-electron chi connectivity index (χ2n) is 6.54. The molecular weight excluding hydrogens is 220 g/mol. The first-order valence-electron chi connectivity index (χ1n) is 8.24. The van der Waals surface area contributed by atoms with E-state index >= 15 is 0 Å². The molecular formula is C16H32N2. The van der Waals surface area contributed by atoms with Gasteiger partial charge in [0, 0.05) is 19.1 Å². The van der Waals surface area contributed by atoms with Crippen molar-refractivity contribution in [3.63, 3.8) is 0 Å². The third kappa shape index (κ3) is 3.96. The first kappa shape index (κ1) is 14.3. The van der Waals surface area contributed by atoms with Crippen LogP contribution in [-0.4, -0.2) is 37.1 Å². The topological polar surface area (TPSA) is 15.3 Å². The van der Waals surface area contributed by atoms with E-state index in [2.05, 4.69) is 24.1 Å². The predicted molar refractivity (Wildman–Crippen MR) is 78.9 cm³/mol. The first-order valence-corrected chi connectivity index (χ1v) is 8.24. The lowest BCUT2D eigenvalue weighted by atomic mass is 9.85. The summed E-state index contributed by atoms with van der Waals surface area (Å²) in [6, 6.07) is 0.940. The second kappa shape index (κ2) is 6.91. The van der Waals surface area contributed by atoms with Crippen LogP contribution in [0.15, 0.2) is 0 Å². The van der Waals surface area contributed by atoms with E-state index in [0.29, 0.717) is 5.41 Å². The number of rotatable bonds is 9. The average Bonchev–Trinajstić information content (AvgIpc) is 3.13. The highest BCUT2D eigenvalue weighted by Crippen LogP contribution is 2.40. The first-order chi connectivity index (χ1) is 8.79. The molecule has 0 atom stereocenters. The van der Waals surface area contributed by atoms with Gasteiger partial charge in [-0.3, -0.25) is 4.90 Å². The van der Waals surface area contributed by atoms with Crippen LogP contribution in [0.4, 0.5) is 0 Å². The van der Waals surface area contributed by atoms with Gasteiger partial charge in [0.05, 0.1) is 0 Å². The van der Waals surface area contributed by atoms with Crippen LogP contribution in [0.2, 0.25) is 0 Å². The Balaban J connectivity index is 1.88. The molecule has 106 valence electrons. The third-order valence-corrected chi connectivity index (χ3v) is 4.81. The van der Waals surface area contributed by atoms with Gasteiger partial charge < -0.3 is 5.32 Å². The standard InChI is InChI=1S/C16H32N2/c1-3-5-12-18(15-8-9-15)14-16(13-17-4-2)10-6-7-11-16/h15,17H,3-14H2,1-2H3. The normalized spacial score (nSPS) is 22.8. The zero-order valence-electron chi connectivity index (χ0n) is 12.5. The van der Waals surface area contributed by atoms with E-state index in [0.717, 1.165) is 12.6 Å². The molecule has 2 rings (SSSR count). The van der Waals surface area contributed by atoms with Gasteiger partial charge in [0.15, 0.2) is 0 Å². The van der Waals surface area contributed by atoms with Crippen LogP contribution in [0.5, 0.6) is 0 Å². The summed E-state index contributed by atoms with van der Waals surface area (Å²) in [6.45, 7) is 9.63. The molecule has 0 radical (unpaired) electrons. The Morgan fingerprint density at radius 2 is 1.89 bits per heavy atom. The van der Waals surface area contributed by atoms with E-state index in [1.807, 2.05) is 0 Å². The molecule has 0 heterocycles. The van der Waals surface area contributed by atoms with Crippen molar-refractivity contribution in [3.05, 3.63) is 0 Å². The zero-order chi connectivity index (χ0) is 12.8. The SMILES string of the molecule is CCCCN(CC1(CNCC)CCCC1)C1CC1. The van der Waals surface area contributed by atoms with Gasteiger partial charge in [-0.2, -0.15) is 0 Å². The summed E-state index contributed by atoms with van der Waals surface area (Å²) in [5.74, 6) is 0. The smallest absolute Gasteiger partial charge is 0.00966 e. The summed E-state index contributed by atoms with van der Waals surface area (Å²) in [5, 5.41) is 3.63. The fourth-order valence-corrected chi connectivity index (χ4v) is 3.53. The van der Waals surface area contributed by atoms with Crippen molar-refractivity contribution in [1.29, 1.82) is 0 Å². The van der Waals surface area contributed by atoms with Gasteiger partial charge in [-0.1, -0.05) is 33.1 Å². The Hall–Kier alpha value is -0.0800. The fourth-order valence-electron chi connectivity index (χ4n) is 3.53. The molecule has 2 fully saturated rings. The lowest BCUT2D eigenvalue weighted by Gasteiger charge is -2.36. The van der Waals surface area contributed by atoms with Crippen molar-refractivity contribution in [2.24, 2.45) is 5.41 Å². The highest BCUT2D eigenvalue weighted by atomic mass is 15.2. The summed E-state index contributed by atoms with van der Waals surface area (Å²) >= 11 is 0. The van der Waals surface area contributed by atoms with Crippen molar-refractivity contribution < 1.29 is 0 Å². The molecule has 18 heavy (non-hydrogen) atoms.